The summed E-state index contributed by atoms with van der Waals surface area (Å²) in [5, 5.41) is 3.11. The van der Waals surface area contributed by atoms with E-state index in [-0.39, 0.29) is 18.1 Å². The van der Waals surface area contributed by atoms with Crippen molar-refractivity contribution in [1.82, 2.24) is 5.32 Å². The van der Waals surface area contributed by atoms with Gasteiger partial charge in [-0.3, -0.25) is 0 Å². The Morgan fingerprint density at radius 2 is 2.00 bits per heavy atom. The molecule has 1 N–H and O–H groups in total. The van der Waals surface area contributed by atoms with Gasteiger partial charge < -0.3 is 14.8 Å². The van der Waals surface area contributed by atoms with Crippen LogP contribution in [0.1, 0.15) is 5.56 Å². The molecule has 1 rings (SSSR count). The zero-order valence-electron chi connectivity index (χ0n) is 10.2. The molecule has 3 nitrogen and oxygen atoms in total. The summed E-state index contributed by atoms with van der Waals surface area (Å²) in [4.78, 5) is 0. The second-order valence-corrected chi connectivity index (χ2v) is 4.53. The molecule has 0 fully saturated rings. The van der Waals surface area contributed by atoms with E-state index in [0.29, 0.717) is 6.42 Å². The molecule has 1 aromatic rings. The molecule has 0 spiro atoms. The minimum atomic E-state index is -0.366. The lowest BCUT2D eigenvalue weighted by atomic mass is 10.1. The predicted molar refractivity (Wildman–Crippen MR) is 68.5 cm³/mol. The van der Waals surface area contributed by atoms with Crippen molar-refractivity contribution < 1.29 is 13.9 Å². The average Bonchev–Trinajstić information content (AvgIpc) is 2.33. The van der Waals surface area contributed by atoms with Gasteiger partial charge in [0.1, 0.15) is 5.82 Å². The van der Waals surface area contributed by atoms with Crippen LogP contribution in [-0.4, -0.2) is 33.6 Å². The van der Waals surface area contributed by atoms with Crippen LogP contribution in [0.15, 0.2) is 22.7 Å². The molecule has 0 saturated carbocycles. The summed E-state index contributed by atoms with van der Waals surface area (Å²) in [6.07, 6.45) is 0.247. The number of likely N-dealkylation sites (N-methyl/N-ethyl adjacent to an activating group) is 1. The first-order chi connectivity index (χ1) is 8.12. The molecule has 1 aromatic carbocycles. The number of methoxy groups -OCH3 is 2. The number of hydrogen-bond acceptors (Lipinski definition) is 3. The van der Waals surface area contributed by atoms with E-state index in [0.717, 1.165) is 10.0 Å². The van der Waals surface area contributed by atoms with Crippen LogP contribution in [0, 0.1) is 5.82 Å². The van der Waals surface area contributed by atoms with Crippen LogP contribution in [0.3, 0.4) is 0 Å². The molecular weight excluding hydrogens is 289 g/mol. The standard InChI is InChI=1S/C12H17BrFNO2/c1-15-11(12(16-2)17-3)7-8-6-9(14)4-5-10(8)13/h4-6,11-12,15H,7H2,1-3H3. The summed E-state index contributed by atoms with van der Waals surface area (Å²) in [5.41, 5.74) is 0.878. The van der Waals surface area contributed by atoms with Crippen molar-refractivity contribution in [2.24, 2.45) is 0 Å². The lowest BCUT2D eigenvalue weighted by molar-refractivity contribution is -0.121. The summed E-state index contributed by atoms with van der Waals surface area (Å²) >= 11 is 3.41. The predicted octanol–water partition coefficient (Wildman–Crippen LogP) is 2.34. The first-order valence-corrected chi connectivity index (χ1v) is 6.08. The Labute approximate surface area is 109 Å². The molecule has 0 amide bonds. The molecule has 0 aliphatic rings. The van der Waals surface area contributed by atoms with Crippen molar-refractivity contribution in [3.05, 3.63) is 34.1 Å². The Balaban J connectivity index is 2.83. The summed E-state index contributed by atoms with van der Waals surface area (Å²) in [6.45, 7) is 0. The monoisotopic (exact) mass is 305 g/mol. The molecule has 0 aliphatic carbocycles. The Bertz CT molecular complexity index is 358. The van der Waals surface area contributed by atoms with Crippen molar-refractivity contribution in [3.8, 4) is 0 Å². The topological polar surface area (TPSA) is 30.5 Å². The molecule has 0 radical (unpaired) electrons. The number of benzene rings is 1. The van der Waals surface area contributed by atoms with E-state index in [1.54, 1.807) is 20.3 Å². The maximum absolute atomic E-state index is 13.2. The molecule has 0 aliphatic heterocycles. The Morgan fingerprint density at radius 3 is 2.53 bits per heavy atom. The van der Waals surface area contributed by atoms with Gasteiger partial charge in [-0.1, -0.05) is 15.9 Å². The quantitative estimate of drug-likeness (QED) is 0.818. The molecule has 17 heavy (non-hydrogen) atoms. The minimum Gasteiger partial charge on any atom is -0.354 e. The fourth-order valence-electron chi connectivity index (χ4n) is 1.70. The van der Waals surface area contributed by atoms with Gasteiger partial charge in [-0.2, -0.15) is 0 Å². The smallest absolute Gasteiger partial charge is 0.172 e. The Kier molecular flexibility index (Phi) is 6.05. The van der Waals surface area contributed by atoms with Crippen LogP contribution >= 0.6 is 15.9 Å². The molecule has 0 saturated heterocycles. The first kappa shape index (κ1) is 14.6. The van der Waals surface area contributed by atoms with Crippen molar-refractivity contribution in [3.63, 3.8) is 0 Å². The Morgan fingerprint density at radius 1 is 1.35 bits per heavy atom. The Hall–Kier alpha value is -0.490. The lowest BCUT2D eigenvalue weighted by Crippen LogP contribution is -2.41. The van der Waals surface area contributed by atoms with Crippen molar-refractivity contribution in [2.75, 3.05) is 21.3 Å². The van der Waals surface area contributed by atoms with E-state index in [2.05, 4.69) is 21.2 Å². The van der Waals surface area contributed by atoms with Crippen LogP contribution in [0.5, 0.6) is 0 Å². The zero-order valence-corrected chi connectivity index (χ0v) is 11.8. The van der Waals surface area contributed by atoms with Gasteiger partial charge in [0, 0.05) is 18.7 Å². The largest absolute Gasteiger partial charge is 0.354 e. The molecule has 1 atom stereocenters. The number of hydrogen-bond donors (Lipinski definition) is 1. The van der Waals surface area contributed by atoms with Crippen molar-refractivity contribution >= 4 is 15.9 Å². The van der Waals surface area contributed by atoms with Crippen LogP contribution < -0.4 is 5.32 Å². The van der Waals surface area contributed by atoms with Gasteiger partial charge >= 0.3 is 0 Å². The maximum atomic E-state index is 13.2. The molecule has 0 heterocycles. The number of halogens is 2. The third kappa shape index (κ3) is 4.03. The molecular formula is C12H17BrFNO2. The molecule has 96 valence electrons. The summed E-state index contributed by atoms with van der Waals surface area (Å²) in [5.74, 6) is -0.246. The number of nitrogens with one attached hydrogen (secondary N) is 1. The van der Waals surface area contributed by atoms with E-state index in [1.807, 2.05) is 7.05 Å². The van der Waals surface area contributed by atoms with E-state index in [9.17, 15) is 4.39 Å². The normalized spacial score (nSPS) is 13.1. The van der Waals surface area contributed by atoms with Crippen LogP contribution in [0.4, 0.5) is 4.39 Å². The van der Waals surface area contributed by atoms with Gasteiger partial charge in [-0.05, 0) is 37.2 Å². The van der Waals surface area contributed by atoms with E-state index in [4.69, 9.17) is 9.47 Å². The van der Waals surface area contributed by atoms with E-state index in [1.165, 1.54) is 12.1 Å². The van der Waals surface area contributed by atoms with Gasteiger partial charge in [-0.25, -0.2) is 4.39 Å². The summed E-state index contributed by atoms with van der Waals surface area (Å²) in [6, 6.07) is 4.60. The average molecular weight is 306 g/mol. The number of rotatable bonds is 6. The fourth-order valence-corrected chi connectivity index (χ4v) is 2.10. The SMILES string of the molecule is CNC(Cc1cc(F)ccc1Br)C(OC)OC. The minimum absolute atomic E-state index is 0.0388. The fraction of sp³-hybridized carbons (Fsp3) is 0.500. The third-order valence-corrected chi connectivity index (χ3v) is 3.39. The highest BCUT2D eigenvalue weighted by Crippen LogP contribution is 2.20. The van der Waals surface area contributed by atoms with Crippen molar-refractivity contribution in [2.45, 2.75) is 18.8 Å². The lowest BCUT2D eigenvalue weighted by Gasteiger charge is -2.24. The third-order valence-electron chi connectivity index (χ3n) is 2.61. The first-order valence-electron chi connectivity index (χ1n) is 5.29. The highest BCUT2D eigenvalue weighted by Gasteiger charge is 2.20. The van der Waals surface area contributed by atoms with E-state index < -0.39 is 0 Å². The van der Waals surface area contributed by atoms with Gasteiger partial charge in [0.05, 0.1) is 6.04 Å². The van der Waals surface area contributed by atoms with Gasteiger partial charge in [0.25, 0.3) is 0 Å². The van der Waals surface area contributed by atoms with Crippen LogP contribution in [0.2, 0.25) is 0 Å². The summed E-state index contributed by atoms with van der Waals surface area (Å²) in [7, 11) is 4.99. The summed E-state index contributed by atoms with van der Waals surface area (Å²) < 4.78 is 24.4. The van der Waals surface area contributed by atoms with Gasteiger partial charge in [-0.15, -0.1) is 0 Å². The zero-order chi connectivity index (χ0) is 12.8. The van der Waals surface area contributed by atoms with Crippen LogP contribution in [-0.2, 0) is 15.9 Å². The molecule has 5 heteroatoms. The van der Waals surface area contributed by atoms with Crippen molar-refractivity contribution in [1.29, 1.82) is 0 Å². The van der Waals surface area contributed by atoms with Crippen LogP contribution in [0.25, 0.3) is 0 Å². The molecule has 1 unspecified atom stereocenters. The molecule has 0 aromatic heterocycles. The highest BCUT2D eigenvalue weighted by atomic mass is 79.9. The number of ether oxygens (including phenoxy) is 2. The molecule has 0 bridgehead atoms. The van der Waals surface area contributed by atoms with E-state index >= 15 is 0 Å². The second-order valence-electron chi connectivity index (χ2n) is 3.67. The van der Waals surface area contributed by atoms with Gasteiger partial charge in [0.15, 0.2) is 6.29 Å². The highest BCUT2D eigenvalue weighted by molar-refractivity contribution is 9.10. The second kappa shape index (κ2) is 7.06. The maximum Gasteiger partial charge on any atom is 0.172 e. The van der Waals surface area contributed by atoms with Gasteiger partial charge in [0.2, 0.25) is 0 Å².